The number of amides is 1. The minimum atomic E-state index is -1.97. The first-order chi connectivity index (χ1) is 46.8. The molecule has 1 amide bonds. The van der Waals surface area contributed by atoms with E-state index in [0.29, 0.717) is 12.8 Å². The highest BCUT2D eigenvalue weighted by molar-refractivity contribution is 5.76. The highest BCUT2D eigenvalue weighted by atomic mass is 16.8. The fraction of sp³-hybridized carbons (Fsp3) is 0.831. The number of aliphatic hydroxyl groups excluding tert-OH is 11. The minimum Gasteiger partial charge on any atom is -0.394 e. The van der Waals surface area contributed by atoms with Crippen LogP contribution in [0.5, 0.6) is 0 Å². The van der Waals surface area contributed by atoms with E-state index in [4.69, 9.17) is 28.4 Å². The van der Waals surface area contributed by atoms with Crippen molar-refractivity contribution in [2.24, 2.45) is 0 Å². The Bertz CT molecular complexity index is 2020. The van der Waals surface area contributed by atoms with Gasteiger partial charge in [-0.1, -0.05) is 279 Å². The number of nitrogens with one attached hydrogen (secondary N) is 1. The van der Waals surface area contributed by atoms with Gasteiger partial charge >= 0.3 is 0 Å². The van der Waals surface area contributed by atoms with E-state index < -0.39 is 124 Å². The third-order valence-corrected chi connectivity index (χ3v) is 18.8. The van der Waals surface area contributed by atoms with Crippen LogP contribution in [0.4, 0.5) is 0 Å². The molecular formula is C77H137NO18. The summed E-state index contributed by atoms with van der Waals surface area (Å²) in [5.74, 6) is -0.242. The number of unbranched alkanes of at least 4 members (excludes halogenated alkanes) is 31. The van der Waals surface area contributed by atoms with Crippen LogP contribution in [-0.2, 0) is 33.2 Å². The van der Waals surface area contributed by atoms with Gasteiger partial charge < -0.3 is 89.9 Å². The standard InChI is InChI=1S/C77H137NO18/c1-3-5-7-9-11-13-15-17-18-19-20-21-22-23-24-25-26-27-28-29-30-31-32-33-34-35-36-37-38-39-40-41-42-43-45-47-49-51-53-55-65(83)78-60(61(82)54-52-50-48-46-44-16-14-12-10-8-6-4-2)59-91-75-71(89)68(86)73(63(57-80)93-75)96-77-72(90)69(87)74(64(58-81)94-77)95-76-70(88)67(85)66(84)62(56-79)92-76/h5,7,11,13,17-18,20-21,23-24,26-27,60-64,66-77,79-82,84-90H,3-4,6,8-10,12,14-16,19,22,25,28-59H2,1-2H3,(H,78,83)/b7-5-,13-11-,18-17-,21-20-,24-23-,27-26-. The van der Waals surface area contributed by atoms with Crippen molar-refractivity contribution in [3.63, 3.8) is 0 Å². The molecule has 0 aliphatic carbocycles. The van der Waals surface area contributed by atoms with Gasteiger partial charge in [-0.05, 0) is 64.2 Å². The van der Waals surface area contributed by atoms with Crippen molar-refractivity contribution >= 4 is 5.91 Å². The lowest BCUT2D eigenvalue weighted by Gasteiger charge is -2.48. The van der Waals surface area contributed by atoms with Gasteiger partial charge in [0, 0.05) is 6.42 Å². The van der Waals surface area contributed by atoms with Crippen molar-refractivity contribution in [3.8, 4) is 0 Å². The zero-order chi connectivity index (χ0) is 69.6. The fourth-order valence-corrected chi connectivity index (χ4v) is 12.7. The molecule has 17 unspecified atom stereocenters. The molecule has 0 aromatic rings. The number of hydrogen-bond acceptors (Lipinski definition) is 18. The molecule has 0 saturated carbocycles. The summed E-state index contributed by atoms with van der Waals surface area (Å²) in [4.78, 5) is 13.4. The molecule has 3 aliphatic heterocycles. The smallest absolute Gasteiger partial charge is 0.220 e. The summed E-state index contributed by atoms with van der Waals surface area (Å²) in [6.45, 7) is 1.68. The summed E-state index contributed by atoms with van der Waals surface area (Å²) < 4.78 is 34.4. The largest absolute Gasteiger partial charge is 0.394 e. The summed E-state index contributed by atoms with van der Waals surface area (Å²) in [6.07, 6.45) is 47.3. The Hall–Kier alpha value is -2.77. The Labute approximate surface area is 578 Å². The number of carbonyl (C=O) groups excluding carboxylic acids is 1. The number of aliphatic hydroxyl groups is 11. The van der Waals surface area contributed by atoms with E-state index >= 15 is 0 Å². The van der Waals surface area contributed by atoms with Crippen molar-refractivity contribution in [3.05, 3.63) is 72.9 Å². The van der Waals surface area contributed by atoms with Gasteiger partial charge in [0.1, 0.15) is 73.2 Å². The lowest BCUT2D eigenvalue weighted by molar-refractivity contribution is -0.379. The molecule has 0 aromatic carbocycles. The average molecular weight is 1360 g/mol. The van der Waals surface area contributed by atoms with Gasteiger partial charge in [0.15, 0.2) is 18.9 Å². The summed E-state index contributed by atoms with van der Waals surface area (Å²) in [5.41, 5.74) is 0. The van der Waals surface area contributed by atoms with E-state index in [2.05, 4.69) is 92.1 Å². The molecule has 3 fully saturated rings. The van der Waals surface area contributed by atoms with Crippen LogP contribution in [0.25, 0.3) is 0 Å². The highest BCUT2D eigenvalue weighted by Crippen LogP contribution is 2.33. The van der Waals surface area contributed by atoms with E-state index in [1.165, 1.54) is 161 Å². The molecule has 0 spiro atoms. The predicted molar refractivity (Wildman–Crippen MR) is 378 cm³/mol. The van der Waals surface area contributed by atoms with E-state index in [9.17, 15) is 61.0 Å². The molecule has 96 heavy (non-hydrogen) atoms. The topological polar surface area (TPSA) is 307 Å². The second-order valence-electron chi connectivity index (χ2n) is 27.1. The van der Waals surface area contributed by atoms with E-state index in [1.54, 1.807) is 0 Å². The molecule has 3 rings (SSSR count). The minimum absolute atomic E-state index is 0.242. The summed E-state index contributed by atoms with van der Waals surface area (Å²) in [7, 11) is 0. The van der Waals surface area contributed by atoms with Gasteiger partial charge in [0.2, 0.25) is 5.91 Å². The second kappa shape index (κ2) is 57.8. The maximum absolute atomic E-state index is 13.4. The molecule has 12 N–H and O–H groups in total. The lowest BCUT2D eigenvalue weighted by Crippen LogP contribution is -2.66. The first-order valence-corrected chi connectivity index (χ1v) is 38.2. The second-order valence-corrected chi connectivity index (χ2v) is 27.1. The van der Waals surface area contributed by atoms with Crippen molar-refractivity contribution in [1.29, 1.82) is 0 Å². The normalized spacial score (nSPS) is 27.4. The van der Waals surface area contributed by atoms with Crippen LogP contribution in [0.1, 0.15) is 277 Å². The molecule has 3 aliphatic rings. The highest BCUT2D eigenvalue weighted by Gasteiger charge is 2.53. The van der Waals surface area contributed by atoms with Gasteiger partial charge in [0.25, 0.3) is 0 Å². The van der Waals surface area contributed by atoms with Crippen molar-refractivity contribution in [2.75, 3.05) is 26.4 Å². The van der Waals surface area contributed by atoms with Crippen LogP contribution in [0.3, 0.4) is 0 Å². The Morgan fingerprint density at radius 3 is 1.12 bits per heavy atom. The third kappa shape index (κ3) is 38.3. The first kappa shape index (κ1) is 87.4. The molecule has 558 valence electrons. The van der Waals surface area contributed by atoms with Crippen LogP contribution in [-0.4, -0.2) is 193 Å². The van der Waals surface area contributed by atoms with E-state index in [-0.39, 0.29) is 18.9 Å². The molecular weight excluding hydrogens is 1230 g/mol. The number of hydrogen-bond donors (Lipinski definition) is 12. The average Bonchev–Trinajstić information content (AvgIpc) is 0.787. The SMILES string of the molecule is CC/C=C\C/C=C\C/C=C\C/C=C\C/C=C\C/C=C\CCCCCCCCCCCCCCCCCCCCCCC(=O)NC(COC1OC(CO)C(OC2OC(CO)C(OC3OC(CO)C(O)C(O)C3O)C(O)C2O)C(O)C1O)C(O)CCCCCCCCCCCCCC. The lowest BCUT2D eigenvalue weighted by atomic mass is 9.96. The van der Waals surface area contributed by atoms with Crippen molar-refractivity contribution in [2.45, 2.75) is 381 Å². The number of rotatable bonds is 59. The quantitative estimate of drug-likeness (QED) is 0.0199. The number of ether oxygens (including phenoxy) is 6. The molecule has 3 saturated heterocycles. The summed E-state index contributed by atoms with van der Waals surface area (Å²) in [5, 5.41) is 121. The molecule has 17 atom stereocenters. The van der Waals surface area contributed by atoms with Crippen LogP contribution in [0, 0.1) is 0 Å². The molecule has 3 heterocycles. The van der Waals surface area contributed by atoms with E-state index in [0.717, 1.165) is 83.5 Å². The van der Waals surface area contributed by atoms with Gasteiger partial charge in [-0.15, -0.1) is 0 Å². The molecule has 0 aromatic heterocycles. The van der Waals surface area contributed by atoms with Gasteiger partial charge in [-0.25, -0.2) is 0 Å². The number of allylic oxidation sites excluding steroid dienone is 12. The summed E-state index contributed by atoms with van der Waals surface area (Å²) >= 11 is 0. The predicted octanol–water partition coefficient (Wildman–Crippen LogP) is 11.7. The monoisotopic (exact) mass is 1360 g/mol. The van der Waals surface area contributed by atoms with Crippen LogP contribution in [0.2, 0.25) is 0 Å². The maximum Gasteiger partial charge on any atom is 0.220 e. The number of carbonyl (C=O) groups is 1. The van der Waals surface area contributed by atoms with Gasteiger partial charge in [-0.3, -0.25) is 4.79 Å². The molecule has 19 heteroatoms. The fourth-order valence-electron chi connectivity index (χ4n) is 12.7. The maximum atomic E-state index is 13.4. The molecule has 19 nitrogen and oxygen atoms in total. The van der Waals surface area contributed by atoms with Crippen LogP contribution in [0.15, 0.2) is 72.9 Å². The van der Waals surface area contributed by atoms with E-state index in [1.807, 2.05) is 0 Å². The van der Waals surface area contributed by atoms with Crippen LogP contribution >= 0.6 is 0 Å². The van der Waals surface area contributed by atoms with Crippen molar-refractivity contribution < 1.29 is 89.4 Å². The molecule has 0 radical (unpaired) electrons. The van der Waals surface area contributed by atoms with Gasteiger partial charge in [0.05, 0.1) is 38.6 Å². The Morgan fingerprint density at radius 2 is 0.719 bits per heavy atom. The first-order valence-electron chi connectivity index (χ1n) is 38.2. The third-order valence-electron chi connectivity index (χ3n) is 18.8. The zero-order valence-corrected chi connectivity index (χ0v) is 59.3. The van der Waals surface area contributed by atoms with Gasteiger partial charge in [-0.2, -0.15) is 0 Å². The Balaban J connectivity index is 1.28. The van der Waals surface area contributed by atoms with Crippen molar-refractivity contribution in [1.82, 2.24) is 5.32 Å². The zero-order valence-electron chi connectivity index (χ0n) is 59.3. The van der Waals surface area contributed by atoms with Crippen LogP contribution < -0.4 is 5.32 Å². The molecule has 0 bridgehead atoms. The Morgan fingerprint density at radius 1 is 0.385 bits per heavy atom. The summed E-state index contributed by atoms with van der Waals surface area (Å²) in [6, 6.07) is -0.887. The Kier molecular flexibility index (Phi) is 52.7.